The highest BCUT2D eigenvalue weighted by Gasteiger charge is 1.99. The van der Waals surface area contributed by atoms with E-state index in [9.17, 15) is 4.79 Å². The fourth-order valence-corrected chi connectivity index (χ4v) is 2.52. The highest BCUT2D eigenvalue weighted by atomic mass is 16.3. The molecule has 0 rings (SSSR count). The first-order valence-corrected chi connectivity index (χ1v) is 9.39. The van der Waals surface area contributed by atoms with Crippen LogP contribution in [0, 0.1) is 0 Å². The van der Waals surface area contributed by atoms with Gasteiger partial charge in [0.2, 0.25) is 5.91 Å². The molecule has 0 aliphatic heterocycles. The number of aliphatic hydroxyl groups is 1. The molecule has 2 N–H and O–H groups in total. The number of hydrogen-bond donors (Lipinski definition) is 2. The van der Waals surface area contributed by atoms with Crippen molar-refractivity contribution in [2.75, 3.05) is 13.1 Å². The Morgan fingerprint density at radius 3 is 2.00 bits per heavy atom. The van der Waals surface area contributed by atoms with Gasteiger partial charge in [0, 0.05) is 12.9 Å². The SMILES string of the molecule is [2H]C([2H])(O)C([2H])([2H])NC(=O)CCCCCCC/C=C/CCCCCCCC. The van der Waals surface area contributed by atoms with Crippen molar-refractivity contribution in [3.63, 3.8) is 0 Å². The van der Waals surface area contributed by atoms with Crippen molar-refractivity contribution < 1.29 is 15.4 Å². The summed E-state index contributed by atoms with van der Waals surface area (Å²) >= 11 is 0. The van der Waals surface area contributed by atoms with Crippen molar-refractivity contribution in [2.24, 2.45) is 0 Å². The molecule has 0 radical (unpaired) electrons. The molecule has 136 valence electrons. The number of carbonyl (C=O) groups is 1. The molecule has 0 aliphatic carbocycles. The average molecular weight is 330 g/mol. The van der Waals surface area contributed by atoms with Crippen LogP contribution >= 0.6 is 0 Å². The summed E-state index contributed by atoms with van der Waals surface area (Å²) < 4.78 is 28.5. The van der Waals surface area contributed by atoms with E-state index in [1.54, 1.807) is 0 Å². The standard InChI is InChI=1S/C20H39NO2/c1-2-3-4-5-6-7-8-9-10-11-12-13-14-15-16-17-20(23)21-18-19-22/h9-10,22H,2-8,11-19H2,1H3,(H,21,23)/b10-9+/i18D2,19D2. The number of allylic oxidation sites excluding steroid dienone is 2. The fourth-order valence-electron chi connectivity index (χ4n) is 2.52. The van der Waals surface area contributed by atoms with Crippen molar-refractivity contribution in [1.82, 2.24) is 5.32 Å². The lowest BCUT2D eigenvalue weighted by Gasteiger charge is -2.03. The molecular formula is C20H39NO2. The van der Waals surface area contributed by atoms with Gasteiger partial charge in [-0.3, -0.25) is 4.79 Å². The molecule has 0 atom stereocenters. The highest BCUT2D eigenvalue weighted by molar-refractivity contribution is 5.75. The lowest BCUT2D eigenvalue weighted by atomic mass is 10.1. The van der Waals surface area contributed by atoms with Crippen molar-refractivity contribution in [3.05, 3.63) is 12.2 Å². The van der Waals surface area contributed by atoms with Gasteiger partial charge in [-0.05, 0) is 32.1 Å². The lowest BCUT2D eigenvalue weighted by molar-refractivity contribution is -0.121. The van der Waals surface area contributed by atoms with Crippen molar-refractivity contribution in [2.45, 2.75) is 96.8 Å². The Bertz CT molecular complexity index is 409. The number of hydrogen-bond acceptors (Lipinski definition) is 2. The largest absolute Gasteiger partial charge is 0.395 e. The van der Waals surface area contributed by atoms with Crippen LogP contribution in [0.25, 0.3) is 0 Å². The summed E-state index contributed by atoms with van der Waals surface area (Å²) in [5, 5.41) is 10.9. The second-order valence-corrected chi connectivity index (χ2v) is 6.12. The quantitative estimate of drug-likeness (QED) is 0.287. The maximum atomic E-state index is 11.6. The predicted molar refractivity (Wildman–Crippen MR) is 99.5 cm³/mol. The van der Waals surface area contributed by atoms with Crippen LogP contribution in [0.3, 0.4) is 0 Å². The second kappa shape index (κ2) is 19.2. The molecule has 0 unspecified atom stereocenters. The molecule has 0 heterocycles. The Morgan fingerprint density at radius 2 is 1.43 bits per heavy atom. The zero-order chi connectivity index (χ0) is 20.6. The van der Waals surface area contributed by atoms with Crippen LogP contribution in [-0.4, -0.2) is 24.1 Å². The number of unbranched alkanes of at least 4 members (excludes halogenated alkanes) is 11. The summed E-state index contributed by atoms with van der Waals surface area (Å²) in [7, 11) is 0. The molecule has 3 nitrogen and oxygen atoms in total. The predicted octanol–water partition coefficient (Wildman–Crippen LogP) is 5.13. The molecule has 3 heteroatoms. The average Bonchev–Trinajstić information content (AvgIpc) is 2.57. The van der Waals surface area contributed by atoms with E-state index in [-0.39, 0.29) is 6.42 Å². The smallest absolute Gasteiger partial charge is 0.220 e. The molecule has 0 fully saturated rings. The van der Waals surface area contributed by atoms with Gasteiger partial charge in [0.1, 0.15) is 0 Å². The zero-order valence-electron chi connectivity index (χ0n) is 18.9. The van der Waals surface area contributed by atoms with E-state index in [1.807, 2.05) is 5.32 Å². The normalized spacial score (nSPS) is 15.0. The molecule has 0 aromatic carbocycles. The first-order chi connectivity index (χ1) is 12.7. The van der Waals surface area contributed by atoms with Gasteiger partial charge < -0.3 is 10.4 Å². The summed E-state index contributed by atoms with van der Waals surface area (Å²) in [6.45, 7) is -3.63. The fraction of sp³-hybridized carbons (Fsp3) is 0.850. The van der Waals surface area contributed by atoms with Gasteiger partial charge in [0.15, 0.2) is 0 Å². The summed E-state index contributed by atoms with van der Waals surface area (Å²) in [4.78, 5) is 11.6. The van der Waals surface area contributed by atoms with E-state index in [1.165, 1.54) is 44.9 Å². The van der Waals surface area contributed by atoms with Gasteiger partial charge in [-0.15, -0.1) is 0 Å². The van der Waals surface area contributed by atoms with E-state index in [4.69, 9.17) is 10.6 Å². The van der Waals surface area contributed by atoms with Crippen LogP contribution in [0.4, 0.5) is 0 Å². The molecule has 0 saturated carbocycles. The van der Waals surface area contributed by atoms with Crippen LogP contribution in [0.5, 0.6) is 0 Å². The van der Waals surface area contributed by atoms with Gasteiger partial charge in [-0.2, -0.15) is 0 Å². The number of nitrogens with one attached hydrogen (secondary N) is 1. The third-order valence-corrected chi connectivity index (χ3v) is 3.92. The Labute approximate surface area is 149 Å². The Balaban J connectivity index is 3.47. The van der Waals surface area contributed by atoms with Gasteiger partial charge in [0.25, 0.3) is 0 Å². The summed E-state index contributed by atoms with van der Waals surface area (Å²) in [5.41, 5.74) is 0. The van der Waals surface area contributed by atoms with Crippen LogP contribution in [0.1, 0.15) is 102 Å². The monoisotopic (exact) mass is 329 g/mol. The second-order valence-electron chi connectivity index (χ2n) is 6.12. The van der Waals surface area contributed by atoms with Gasteiger partial charge in [0.05, 0.1) is 12.0 Å². The van der Waals surface area contributed by atoms with Crippen molar-refractivity contribution in [1.29, 1.82) is 0 Å². The first kappa shape index (κ1) is 15.7. The highest BCUT2D eigenvalue weighted by Crippen LogP contribution is 2.09. The van der Waals surface area contributed by atoms with Crippen LogP contribution in [0.2, 0.25) is 0 Å². The van der Waals surface area contributed by atoms with E-state index in [0.717, 1.165) is 32.1 Å². The molecule has 0 aromatic heterocycles. The molecule has 0 aliphatic rings. The Morgan fingerprint density at radius 1 is 0.913 bits per heavy atom. The van der Waals surface area contributed by atoms with Gasteiger partial charge in [-0.1, -0.05) is 70.4 Å². The van der Waals surface area contributed by atoms with Crippen LogP contribution in [-0.2, 0) is 4.79 Å². The molecule has 23 heavy (non-hydrogen) atoms. The maximum Gasteiger partial charge on any atom is 0.220 e. The van der Waals surface area contributed by atoms with Crippen molar-refractivity contribution in [3.8, 4) is 0 Å². The lowest BCUT2D eigenvalue weighted by Crippen LogP contribution is -2.25. The minimum atomic E-state index is -3.09. The molecule has 0 aromatic rings. The summed E-state index contributed by atoms with van der Waals surface area (Å²) in [6, 6.07) is 0. The van der Waals surface area contributed by atoms with E-state index in [0.29, 0.717) is 6.42 Å². The maximum absolute atomic E-state index is 11.6. The minimum Gasteiger partial charge on any atom is -0.395 e. The van der Waals surface area contributed by atoms with Gasteiger partial charge >= 0.3 is 0 Å². The molecular weight excluding hydrogens is 286 g/mol. The van der Waals surface area contributed by atoms with E-state index in [2.05, 4.69) is 19.1 Å². The molecule has 0 bridgehead atoms. The Hall–Kier alpha value is -0.830. The van der Waals surface area contributed by atoms with E-state index >= 15 is 0 Å². The zero-order valence-corrected chi connectivity index (χ0v) is 14.9. The van der Waals surface area contributed by atoms with E-state index < -0.39 is 19.0 Å². The number of amides is 1. The topological polar surface area (TPSA) is 49.3 Å². The van der Waals surface area contributed by atoms with Crippen molar-refractivity contribution >= 4 is 5.91 Å². The van der Waals surface area contributed by atoms with Crippen LogP contribution < -0.4 is 5.32 Å². The Kier molecular flexibility index (Phi) is 13.1. The molecule has 0 spiro atoms. The molecule has 0 saturated heterocycles. The first-order valence-electron chi connectivity index (χ1n) is 11.4. The van der Waals surface area contributed by atoms with Gasteiger partial charge in [-0.25, -0.2) is 0 Å². The number of carbonyl (C=O) groups excluding carboxylic acids is 1. The summed E-state index contributed by atoms with van der Waals surface area (Å²) in [5.74, 6) is -0.574. The number of rotatable bonds is 17. The minimum absolute atomic E-state index is 0.147. The summed E-state index contributed by atoms with van der Waals surface area (Å²) in [6.07, 6.45) is 19.8. The molecule has 1 amide bonds. The third-order valence-electron chi connectivity index (χ3n) is 3.92. The van der Waals surface area contributed by atoms with Crippen LogP contribution in [0.15, 0.2) is 12.2 Å². The third kappa shape index (κ3) is 19.1.